The van der Waals surface area contributed by atoms with Crippen LogP contribution in [-0.4, -0.2) is 64.5 Å². The minimum absolute atomic E-state index is 0.0990. The van der Waals surface area contributed by atoms with Crippen LogP contribution >= 0.6 is 0 Å². The number of aromatic nitrogens is 1. The van der Waals surface area contributed by atoms with Crippen LogP contribution in [-0.2, 0) is 4.79 Å². The number of carboxylic acids is 1. The number of carbonyl (C=O) groups is 2. The number of piperazine rings is 1. The van der Waals surface area contributed by atoms with Crippen molar-refractivity contribution in [3.05, 3.63) is 29.8 Å². The van der Waals surface area contributed by atoms with E-state index in [1.54, 1.807) is 4.90 Å². The standard InChI is InChI=1S/C13H16FN3O3/c14-11-7-10(8-15-9-11)13(20)17-5-3-16(4-6-17)2-1-12(18)19/h7-9H,1-6H2,(H,18,19). The van der Waals surface area contributed by atoms with Gasteiger partial charge in [-0.15, -0.1) is 0 Å². The van der Waals surface area contributed by atoms with Gasteiger partial charge in [-0.2, -0.15) is 0 Å². The lowest BCUT2D eigenvalue weighted by atomic mass is 10.2. The van der Waals surface area contributed by atoms with Crippen molar-refractivity contribution in [3.8, 4) is 0 Å². The third kappa shape index (κ3) is 3.74. The molecule has 1 saturated heterocycles. The van der Waals surface area contributed by atoms with Crippen molar-refractivity contribution in [2.45, 2.75) is 6.42 Å². The van der Waals surface area contributed by atoms with Crippen LogP contribution in [0.5, 0.6) is 0 Å². The van der Waals surface area contributed by atoms with Crippen molar-refractivity contribution < 1.29 is 19.1 Å². The Labute approximate surface area is 115 Å². The first-order valence-corrected chi connectivity index (χ1v) is 6.40. The molecule has 108 valence electrons. The molecule has 0 bridgehead atoms. The molecule has 20 heavy (non-hydrogen) atoms. The molecule has 0 unspecified atom stereocenters. The van der Waals surface area contributed by atoms with Gasteiger partial charge in [0.25, 0.3) is 5.91 Å². The molecule has 1 amide bonds. The molecule has 1 fully saturated rings. The van der Waals surface area contributed by atoms with Crippen molar-refractivity contribution >= 4 is 11.9 Å². The SMILES string of the molecule is O=C(O)CCN1CCN(C(=O)c2cncc(F)c2)CC1. The number of rotatable bonds is 4. The van der Waals surface area contributed by atoms with Gasteiger partial charge in [0.2, 0.25) is 0 Å². The summed E-state index contributed by atoms with van der Waals surface area (Å²) in [5, 5.41) is 8.63. The molecule has 0 radical (unpaired) electrons. The number of hydrogen-bond acceptors (Lipinski definition) is 4. The number of halogens is 1. The largest absolute Gasteiger partial charge is 0.481 e. The molecule has 6 nitrogen and oxygen atoms in total. The quantitative estimate of drug-likeness (QED) is 0.867. The molecule has 1 aliphatic heterocycles. The first kappa shape index (κ1) is 14.4. The third-order valence-electron chi connectivity index (χ3n) is 3.25. The van der Waals surface area contributed by atoms with E-state index in [2.05, 4.69) is 4.98 Å². The lowest BCUT2D eigenvalue weighted by Gasteiger charge is -2.34. The molecule has 0 spiro atoms. The molecule has 2 heterocycles. The van der Waals surface area contributed by atoms with Gasteiger partial charge < -0.3 is 10.0 Å². The van der Waals surface area contributed by atoms with Crippen LogP contribution in [0.2, 0.25) is 0 Å². The van der Waals surface area contributed by atoms with Crippen LogP contribution in [0, 0.1) is 5.82 Å². The Hall–Kier alpha value is -2.02. The highest BCUT2D eigenvalue weighted by molar-refractivity contribution is 5.94. The molecule has 1 N–H and O–H groups in total. The summed E-state index contributed by atoms with van der Waals surface area (Å²) in [4.78, 5) is 29.9. The van der Waals surface area contributed by atoms with Crippen molar-refractivity contribution in [1.82, 2.24) is 14.8 Å². The smallest absolute Gasteiger partial charge is 0.304 e. The van der Waals surface area contributed by atoms with Gasteiger partial charge in [0.05, 0.1) is 18.2 Å². The van der Waals surface area contributed by atoms with Crippen molar-refractivity contribution in [1.29, 1.82) is 0 Å². The van der Waals surface area contributed by atoms with E-state index in [9.17, 15) is 14.0 Å². The lowest BCUT2D eigenvalue weighted by molar-refractivity contribution is -0.137. The summed E-state index contributed by atoms with van der Waals surface area (Å²) in [5.41, 5.74) is 0.240. The summed E-state index contributed by atoms with van der Waals surface area (Å²) >= 11 is 0. The van der Waals surface area contributed by atoms with Crippen LogP contribution in [0.3, 0.4) is 0 Å². The molecule has 0 aromatic carbocycles. The van der Waals surface area contributed by atoms with Crippen LogP contribution in [0.4, 0.5) is 4.39 Å². The van der Waals surface area contributed by atoms with E-state index in [-0.39, 0.29) is 17.9 Å². The Bertz CT molecular complexity index is 501. The van der Waals surface area contributed by atoms with Gasteiger partial charge in [0.15, 0.2) is 0 Å². The maximum absolute atomic E-state index is 13.0. The van der Waals surface area contributed by atoms with Crippen LogP contribution in [0.25, 0.3) is 0 Å². The Kier molecular flexibility index (Phi) is 4.62. The van der Waals surface area contributed by atoms with Gasteiger partial charge in [0, 0.05) is 38.9 Å². The van der Waals surface area contributed by atoms with Crippen LogP contribution in [0.15, 0.2) is 18.5 Å². The topological polar surface area (TPSA) is 73.7 Å². The van der Waals surface area contributed by atoms with E-state index >= 15 is 0 Å². The average molecular weight is 281 g/mol. The maximum atomic E-state index is 13.0. The Balaban J connectivity index is 1.87. The van der Waals surface area contributed by atoms with Gasteiger partial charge in [0.1, 0.15) is 5.82 Å². The van der Waals surface area contributed by atoms with Gasteiger partial charge in [-0.3, -0.25) is 19.5 Å². The number of pyridine rings is 1. The second-order valence-electron chi connectivity index (χ2n) is 4.67. The summed E-state index contributed by atoms with van der Waals surface area (Å²) in [7, 11) is 0. The summed E-state index contributed by atoms with van der Waals surface area (Å²) in [6.45, 7) is 2.76. The number of amides is 1. The number of carbonyl (C=O) groups excluding carboxylic acids is 1. The number of carboxylic acid groups (broad SMARTS) is 1. The maximum Gasteiger partial charge on any atom is 0.304 e. The molecular weight excluding hydrogens is 265 g/mol. The Morgan fingerprint density at radius 1 is 1.25 bits per heavy atom. The van der Waals surface area contributed by atoms with Gasteiger partial charge in [-0.25, -0.2) is 4.39 Å². The molecule has 0 saturated carbocycles. The lowest BCUT2D eigenvalue weighted by Crippen LogP contribution is -2.49. The second-order valence-corrected chi connectivity index (χ2v) is 4.67. The van der Waals surface area contributed by atoms with Gasteiger partial charge >= 0.3 is 5.97 Å². The predicted molar refractivity (Wildman–Crippen MR) is 68.8 cm³/mol. The minimum atomic E-state index is -0.825. The summed E-state index contributed by atoms with van der Waals surface area (Å²) in [6, 6.07) is 1.17. The molecule has 2 rings (SSSR count). The number of nitrogens with zero attached hydrogens (tertiary/aromatic N) is 3. The highest BCUT2D eigenvalue weighted by Gasteiger charge is 2.22. The van der Waals surface area contributed by atoms with Crippen LogP contribution in [0.1, 0.15) is 16.8 Å². The van der Waals surface area contributed by atoms with Gasteiger partial charge in [-0.05, 0) is 6.07 Å². The van der Waals surface area contributed by atoms with Gasteiger partial charge in [-0.1, -0.05) is 0 Å². The molecule has 0 aliphatic carbocycles. The normalized spacial score (nSPS) is 16.1. The zero-order chi connectivity index (χ0) is 14.5. The fraction of sp³-hybridized carbons (Fsp3) is 0.462. The molecule has 0 atom stereocenters. The summed E-state index contributed by atoms with van der Waals surface area (Å²) in [5.74, 6) is -1.60. The number of aliphatic carboxylic acids is 1. The zero-order valence-corrected chi connectivity index (χ0v) is 11.0. The van der Waals surface area contributed by atoms with Crippen LogP contribution < -0.4 is 0 Å². The minimum Gasteiger partial charge on any atom is -0.481 e. The summed E-state index contributed by atoms with van der Waals surface area (Å²) in [6.07, 6.45) is 2.50. The molecule has 1 aromatic rings. The molecule has 1 aliphatic rings. The molecular formula is C13H16FN3O3. The number of hydrogen-bond donors (Lipinski definition) is 1. The van der Waals surface area contributed by atoms with E-state index in [0.717, 1.165) is 6.20 Å². The highest BCUT2D eigenvalue weighted by Crippen LogP contribution is 2.09. The van der Waals surface area contributed by atoms with E-state index in [4.69, 9.17) is 5.11 Å². The van der Waals surface area contributed by atoms with E-state index < -0.39 is 11.8 Å². The molecule has 1 aromatic heterocycles. The van der Waals surface area contributed by atoms with E-state index in [0.29, 0.717) is 32.7 Å². The second kappa shape index (κ2) is 6.42. The fourth-order valence-corrected chi connectivity index (χ4v) is 2.14. The van der Waals surface area contributed by atoms with E-state index in [1.807, 2.05) is 4.90 Å². The first-order valence-electron chi connectivity index (χ1n) is 6.40. The van der Waals surface area contributed by atoms with Crippen molar-refractivity contribution in [3.63, 3.8) is 0 Å². The first-order chi connectivity index (χ1) is 9.56. The monoisotopic (exact) mass is 281 g/mol. The van der Waals surface area contributed by atoms with E-state index in [1.165, 1.54) is 12.3 Å². The Morgan fingerprint density at radius 3 is 2.55 bits per heavy atom. The van der Waals surface area contributed by atoms with Crippen molar-refractivity contribution in [2.75, 3.05) is 32.7 Å². The fourth-order valence-electron chi connectivity index (χ4n) is 2.14. The average Bonchev–Trinajstić information content (AvgIpc) is 2.45. The predicted octanol–water partition coefficient (Wildman–Crippen LogP) is 0.453. The third-order valence-corrected chi connectivity index (χ3v) is 3.25. The zero-order valence-electron chi connectivity index (χ0n) is 11.0. The molecule has 7 heteroatoms. The summed E-state index contributed by atoms with van der Waals surface area (Å²) < 4.78 is 13.0. The Morgan fingerprint density at radius 2 is 1.95 bits per heavy atom. The highest BCUT2D eigenvalue weighted by atomic mass is 19.1. The van der Waals surface area contributed by atoms with Crippen molar-refractivity contribution in [2.24, 2.45) is 0 Å².